The Hall–Kier alpha value is -2.39. The molecule has 0 saturated heterocycles. The molecule has 30 heavy (non-hydrogen) atoms. The van der Waals surface area contributed by atoms with Crippen LogP contribution in [-0.2, 0) is 0 Å². The van der Waals surface area contributed by atoms with Crippen LogP contribution in [0.4, 0.5) is 5.69 Å². The summed E-state index contributed by atoms with van der Waals surface area (Å²) in [5.74, 6) is 1.14. The number of non-ortho nitro benzene ring substituents is 1. The molecular weight excluding hydrogens is 386 g/mol. The third kappa shape index (κ3) is 10.4. The molecule has 0 aliphatic heterocycles. The van der Waals surface area contributed by atoms with Gasteiger partial charge in [0.05, 0.1) is 11.5 Å². The first-order chi connectivity index (χ1) is 14.4. The van der Waals surface area contributed by atoms with Crippen LogP contribution in [0.15, 0.2) is 29.3 Å². The summed E-state index contributed by atoms with van der Waals surface area (Å²) in [6, 6.07) is 6.04. The molecule has 0 saturated carbocycles. The number of hydrogen-bond donors (Lipinski definition) is 3. The molecule has 0 spiro atoms. The average molecular weight is 424 g/mol. The van der Waals surface area contributed by atoms with Gasteiger partial charge >= 0.3 is 0 Å². The van der Waals surface area contributed by atoms with Gasteiger partial charge in [-0.3, -0.25) is 15.1 Å². The van der Waals surface area contributed by atoms with E-state index in [1.165, 1.54) is 24.3 Å². The molecule has 9 heteroatoms. The molecule has 1 rings (SSSR count). The summed E-state index contributed by atoms with van der Waals surface area (Å²) in [4.78, 5) is 17.1. The summed E-state index contributed by atoms with van der Waals surface area (Å²) in [5, 5.41) is 27.4. The molecule has 0 aliphatic rings. The summed E-state index contributed by atoms with van der Waals surface area (Å²) in [6.45, 7) is 12.7. The van der Waals surface area contributed by atoms with E-state index in [0.717, 1.165) is 39.0 Å². The Morgan fingerprint density at radius 1 is 1.27 bits per heavy atom. The van der Waals surface area contributed by atoms with Crippen molar-refractivity contribution in [1.29, 1.82) is 0 Å². The third-order valence-corrected chi connectivity index (χ3v) is 4.68. The number of nitrogens with one attached hydrogen (secondary N) is 2. The van der Waals surface area contributed by atoms with E-state index in [-0.39, 0.29) is 24.9 Å². The van der Waals surface area contributed by atoms with Crippen molar-refractivity contribution in [3.63, 3.8) is 0 Å². The van der Waals surface area contributed by atoms with E-state index < -0.39 is 11.0 Å². The Bertz CT molecular complexity index is 635. The minimum atomic E-state index is -0.784. The van der Waals surface area contributed by atoms with Crippen molar-refractivity contribution < 1.29 is 14.8 Å². The number of aliphatic hydroxyl groups excluding tert-OH is 1. The van der Waals surface area contributed by atoms with Crippen molar-refractivity contribution >= 4 is 11.6 Å². The maximum Gasteiger partial charge on any atom is 0.269 e. The molecular formula is C21H37N5O4. The largest absolute Gasteiger partial charge is 0.491 e. The second-order valence-corrected chi connectivity index (χ2v) is 7.15. The summed E-state index contributed by atoms with van der Waals surface area (Å²) in [7, 11) is 0. The van der Waals surface area contributed by atoms with E-state index in [0.29, 0.717) is 11.7 Å². The summed E-state index contributed by atoms with van der Waals surface area (Å²) in [6.07, 6.45) is 1.36. The van der Waals surface area contributed by atoms with Gasteiger partial charge in [-0.15, -0.1) is 0 Å². The molecule has 2 unspecified atom stereocenters. The number of nitro groups is 1. The van der Waals surface area contributed by atoms with Gasteiger partial charge in [-0.1, -0.05) is 13.8 Å². The van der Waals surface area contributed by atoms with Gasteiger partial charge in [-0.05, 0) is 58.5 Å². The molecule has 3 N–H and O–H groups in total. The van der Waals surface area contributed by atoms with Crippen LogP contribution >= 0.6 is 0 Å². The lowest BCUT2D eigenvalue weighted by molar-refractivity contribution is -0.384. The molecule has 1 aromatic carbocycles. The van der Waals surface area contributed by atoms with E-state index in [1.807, 2.05) is 6.92 Å². The van der Waals surface area contributed by atoms with Gasteiger partial charge in [0, 0.05) is 24.7 Å². The predicted molar refractivity (Wildman–Crippen MR) is 120 cm³/mol. The van der Waals surface area contributed by atoms with E-state index in [1.54, 1.807) is 0 Å². The topological polar surface area (TPSA) is 112 Å². The Kier molecular flexibility index (Phi) is 12.5. The van der Waals surface area contributed by atoms with Gasteiger partial charge in [-0.25, -0.2) is 0 Å². The van der Waals surface area contributed by atoms with Crippen molar-refractivity contribution in [2.24, 2.45) is 4.99 Å². The van der Waals surface area contributed by atoms with E-state index in [4.69, 9.17) is 4.74 Å². The van der Waals surface area contributed by atoms with Crippen LogP contribution in [0.25, 0.3) is 0 Å². The third-order valence-electron chi connectivity index (χ3n) is 4.68. The van der Waals surface area contributed by atoms with Gasteiger partial charge in [0.25, 0.3) is 5.69 Å². The Morgan fingerprint density at radius 3 is 2.50 bits per heavy atom. The van der Waals surface area contributed by atoms with Crippen molar-refractivity contribution in [2.45, 2.75) is 52.7 Å². The second kappa shape index (κ2) is 14.6. The van der Waals surface area contributed by atoms with Gasteiger partial charge in [-0.2, -0.15) is 0 Å². The quantitative estimate of drug-likeness (QED) is 0.182. The standard InChI is InChI=1S/C21H37N5O4/c1-5-22-21(24-17(4)9-8-14-25(6-2)7-3)23-15-19(27)16-30-20-12-10-18(11-13-20)26(28)29/h10-13,17,19,27H,5-9,14-16H2,1-4H3,(H2,22,23,24). The number of nitro benzene ring substituents is 1. The molecule has 9 nitrogen and oxygen atoms in total. The van der Waals surface area contributed by atoms with E-state index >= 15 is 0 Å². The Morgan fingerprint density at radius 2 is 1.93 bits per heavy atom. The van der Waals surface area contributed by atoms with Crippen LogP contribution in [-0.4, -0.2) is 72.4 Å². The maximum absolute atomic E-state index is 10.7. The number of ether oxygens (including phenoxy) is 1. The second-order valence-electron chi connectivity index (χ2n) is 7.15. The van der Waals surface area contributed by atoms with Crippen molar-refractivity contribution in [3.8, 4) is 5.75 Å². The lowest BCUT2D eigenvalue weighted by atomic mass is 10.2. The van der Waals surface area contributed by atoms with Crippen LogP contribution in [0.3, 0.4) is 0 Å². The van der Waals surface area contributed by atoms with Crippen LogP contribution < -0.4 is 15.4 Å². The molecule has 0 radical (unpaired) electrons. The maximum atomic E-state index is 10.7. The van der Waals surface area contributed by atoms with Crippen molar-refractivity contribution in [1.82, 2.24) is 15.5 Å². The highest BCUT2D eigenvalue weighted by atomic mass is 16.6. The molecule has 2 atom stereocenters. The van der Waals surface area contributed by atoms with Crippen LogP contribution in [0.2, 0.25) is 0 Å². The number of hydrogen-bond acceptors (Lipinski definition) is 6. The fourth-order valence-electron chi connectivity index (χ4n) is 2.89. The van der Waals surface area contributed by atoms with Crippen molar-refractivity contribution in [2.75, 3.05) is 39.3 Å². The molecule has 0 aliphatic carbocycles. The fourth-order valence-corrected chi connectivity index (χ4v) is 2.89. The first-order valence-corrected chi connectivity index (χ1v) is 10.7. The molecule has 0 aromatic heterocycles. The highest BCUT2D eigenvalue weighted by Crippen LogP contribution is 2.17. The van der Waals surface area contributed by atoms with Crippen molar-refractivity contribution in [3.05, 3.63) is 34.4 Å². The number of nitrogens with zero attached hydrogens (tertiary/aromatic N) is 3. The zero-order valence-electron chi connectivity index (χ0n) is 18.6. The zero-order chi connectivity index (χ0) is 22.4. The lowest BCUT2D eigenvalue weighted by Gasteiger charge is -2.21. The smallest absolute Gasteiger partial charge is 0.269 e. The number of rotatable bonds is 14. The lowest BCUT2D eigenvalue weighted by Crippen LogP contribution is -2.43. The van der Waals surface area contributed by atoms with Gasteiger partial charge in [0.15, 0.2) is 5.96 Å². The van der Waals surface area contributed by atoms with Crippen LogP contribution in [0.5, 0.6) is 5.75 Å². The Balaban J connectivity index is 2.43. The number of aliphatic hydroxyl groups is 1. The SMILES string of the molecule is CCNC(=NCC(O)COc1ccc([N+](=O)[O-])cc1)NC(C)CCCN(CC)CC. The first kappa shape index (κ1) is 25.6. The van der Waals surface area contributed by atoms with Gasteiger partial charge in [0.1, 0.15) is 18.5 Å². The van der Waals surface area contributed by atoms with E-state index in [2.05, 4.69) is 41.3 Å². The summed E-state index contributed by atoms with van der Waals surface area (Å²) < 4.78 is 5.49. The minimum absolute atomic E-state index is 0.0000657. The average Bonchev–Trinajstić information content (AvgIpc) is 2.74. The summed E-state index contributed by atoms with van der Waals surface area (Å²) >= 11 is 0. The fraction of sp³-hybridized carbons (Fsp3) is 0.667. The van der Waals surface area contributed by atoms with Gasteiger partial charge < -0.3 is 25.4 Å². The zero-order valence-corrected chi connectivity index (χ0v) is 18.6. The molecule has 0 bridgehead atoms. The Labute approximate surface area is 179 Å². The molecule has 1 aromatic rings. The number of aliphatic imine (C=N–C) groups is 1. The van der Waals surface area contributed by atoms with Crippen LogP contribution in [0, 0.1) is 10.1 Å². The number of guanidine groups is 1. The molecule has 170 valence electrons. The minimum Gasteiger partial charge on any atom is -0.491 e. The number of benzene rings is 1. The normalized spacial score (nSPS) is 13.7. The highest BCUT2D eigenvalue weighted by Gasteiger charge is 2.10. The molecule has 0 amide bonds. The highest BCUT2D eigenvalue weighted by molar-refractivity contribution is 5.80. The predicted octanol–water partition coefficient (Wildman–Crippen LogP) is 2.40. The van der Waals surface area contributed by atoms with Gasteiger partial charge in [0.2, 0.25) is 0 Å². The molecule has 0 fully saturated rings. The van der Waals surface area contributed by atoms with Crippen LogP contribution in [0.1, 0.15) is 40.5 Å². The first-order valence-electron chi connectivity index (χ1n) is 10.7. The molecule has 0 heterocycles. The summed E-state index contributed by atoms with van der Waals surface area (Å²) in [5.41, 5.74) is 0.0000657. The monoisotopic (exact) mass is 423 g/mol. The van der Waals surface area contributed by atoms with E-state index in [9.17, 15) is 15.2 Å².